The maximum atomic E-state index is 12.4. The number of halogens is 2. The molecular formula is C38H30Cl2N10O3. The van der Waals surface area contributed by atoms with Crippen molar-refractivity contribution in [3.8, 4) is 0 Å². The van der Waals surface area contributed by atoms with Crippen LogP contribution in [0.25, 0.3) is 11.3 Å². The second kappa shape index (κ2) is 17.0. The lowest BCUT2D eigenvalue weighted by molar-refractivity contribution is 0.0696. The lowest BCUT2D eigenvalue weighted by atomic mass is 10.1. The molecule has 13 nitrogen and oxygen atoms in total. The molecule has 4 N–H and O–H groups in total. The van der Waals surface area contributed by atoms with Crippen LogP contribution in [-0.2, 0) is 12.8 Å². The van der Waals surface area contributed by atoms with E-state index in [0.29, 0.717) is 33.5 Å². The third-order valence-electron chi connectivity index (χ3n) is 7.60. The summed E-state index contributed by atoms with van der Waals surface area (Å²) in [6, 6.07) is 29.6. The normalized spacial score (nSPS) is 10.5. The second-order valence-corrected chi connectivity index (χ2v) is 12.4. The van der Waals surface area contributed by atoms with Crippen LogP contribution in [0.1, 0.15) is 43.0 Å². The van der Waals surface area contributed by atoms with Gasteiger partial charge in [0.1, 0.15) is 24.3 Å². The van der Waals surface area contributed by atoms with E-state index in [9.17, 15) is 9.59 Å². The average Bonchev–Trinajstić information content (AvgIpc) is 3.83. The zero-order valence-electron chi connectivity index (χ0n) is 27.8. The topological polar surface area (TPSA) is 179 Å². The molecule has 1 amide bonds. The Morgan fingerprint density at radius 3 is 1.72 bits per heavy atom. The number of amides is 1. The number of benzene rings is 2. The van der Waals surface area contributed by atoms with Crippen LogP contribution >= 0.6 is 23.2 Å². The van der Waals surface area contributed by atoms with Gasteiger partial charge in [0.2, 0.25) is 0 Å². The minimum atomic E-state index is -0.953. The van der Waals surface area contributed by atoms with E-state index < -0.39 is 5.97 Å². The molecule has 8 aromatic rings. The molecule has 6 heterocycles. The summed E-state index contributed by atoms with van der Waals surface area (Å²) < 4.78 is 3.25. The van der Waals surface area contributed by atoms with Gasteiger partial charge in [-0.25, -0.2) is 14.8 Å². The van der Waals surface area contributed by atoms with E-state index in [1.807, 2.05) is 60.7 Å². The smallest absolute Gasteiger partial charge is 0.337 e. The van der Waals surface area contributed by atoms with E-state index in [2.05, 4.69) is 35.7 Å². The van der Waals surface area contributed by atoms with Gasteiger partial charge in [-0.3, -0.25) is 13.6 Å². The number of aromatic nitrogens is 8. The Balaban J connectivity index is 0.000000150. The van der Waals surface area contributed by atoms with Crippen molar-refractivity contribution in [3.63, 3.8) is 0 Å². The SMILES string of the molecule is Nc1ccc(Cc2cccc(Cl)c2)cn1.O=C(Nc1ccc(Cc2cccc(Cl)c2)cn1)c1ccc2nncn2c1.O=C(O)c1ccc2nncn2c1. The highest BCUT2D eigenvalue weighted by Crippen LogP contribution is 2.17. The van der Waals surface area contributed by atoms with Gasteiger partial charge in [-0.05, 0) is 95.8 Å². The maximum Gasteiger partial charge on any atom is 0.337 e. The predicted octanol–water partition coefficient (Wildman–Crippen LogP) is 6.96. The minimum absolute atomic E-state index is 0.224. The van der Waals surface area contributed by atoms with Gasteiger partial charge in [0, 0.05) is 34.8 Å². The number of hydrogen-bond donors (Lipinski definition) is 3. The summed E-state index contributed by atoms with van der Waals surface area (Å²) in [4.78, 5) is 31.2. The van der Waals surface area contributed by atoms with Crippen molar-refractivity contribution in [3.05, 3.63) is 178 Å². The first kappa shape index (κ1) is 36.1. The molecule has 0 saturated heterocycles. The lowest BCUT2D eigenvalue weighted by Crippen LogP contribution is -2.13. The number of carbonyl (C=O) groups excluding carboxylic acids is 1. The van der Waals surface area contributed by atoms with Crippen molar-refractivity contribution in [1.29, 1.82) is 0 Å². The molecule has 0 fully saturated rings. The number of carboxylic acids is 1. The van der Waals surface area contributed by atoms with E-state index >= 15 is 0 Å². The number of rotatable bonds is 7. The molecule has 264 valence electrons. The Morgan fingerprint density at radius 1 is 0.660 bits per heavy atom. The van der Waals surface area contributed by atoms with E-state index in [-0.39, 0.29) is 11.5 Å². The van der Waals surface area contributed by atoms with E-state index in [1.165, 1.54) is 24.2 Å². The number of hydrogen-bond acceptors (Lipinski definition) is 9. The highest BCUT2D eigenvalue weighted by atomic mass is 35.5. The van der Waals surface area contributed by atoms with Gasteiger partial charge < -0.3 is 16.2 Å². The molecule has 0 saturated carbocycles. The fourth-order valence-corrected chi connectivity index (χ4v) is 5.44. The van der Waals surface area contributed by atoms with Crippen molar-refractivity contribution < 1.29 is 14.7 Å². The Labute approximate surface area is 312 Å². The molecule has 15 heteroatoms. The quantitative estimate of drug-likeness (QED) is 0.155. The number of nitrogens with one attached hydrogen (secondary N) is 1. The largest absolute Gasteiger partial charge is 0.478 e. The second-order valence-electron chi connectivity index (χ2n) is 11.5. The molecule has 2 aromatic carbocycles. The van der Waals surface area contributed by atoms with Gasteiger partial charge in [0.15, 0.2) is 11.3 Å². The maximum absolute atomic E-state index is 12.4. The van der Waals surface area contributed by atoms with Gasteiger partial charge in [0.25, 0.3) is 5.91 Å². The summed E-state index contributed by atoms with van der Waals surface area (Å²) in [7, 11) is 0. The monoisotopic (exact) mass is 744 g/mol. The zero-order valence-corrected chi connectivity index (χ0v) is 29.3. The van der Waals surface area contributed by atoms with E-state index in [4.69, 9.17) is 34.0 Å². The van der Waals surface area contributed by atoms with E-state index in [0.717, 1.165) is 34.6 Å². The summed E-state index contributed by atoms with van der Waals surface area (Å²) in [6.45, 7) is 0. The zero-order chi connectivity index (χ0) is 37.2. The molecule has 0 aliphatic rings. The molecule has 6 aromatic heterocycles. The molecule has 0 radical (unpaired) electrons. The fraction of sp³-hybridized carbons (Fsp3) is 0.0526. The van der Waals surface area contributed by atoms with Gasteiger partial charge >= 0.3 is 5.97 Å². The number of aromatic carboxylic acids is 1. The Kier molecular flexibility index (Phi) is 11.6. The third-order valence-corrected chi connectivity index (χ3v) is 8.07. The number of anilines is 2. The van der Waals surface area contributed by atoms with Crippen molar-refractivity contribution in [2.45, 2.75) is 12.8 Å². The summed E-state index contributed by atoms with van der Waals surface area (Å²) in [5.74, 6) is -0.153. The molecule has 0 unspecified atom stereocenters. The lowest BCUT2D eigenvalue weighted by Gasteiger charge is -2.07. The molecule has 8 rings (SSSR count). The van der Waals surface area contributed by atoms with Gasteiger partial charge in [-0.1, -0.05) is 59.6 Å². The highest BCUT2D eigenvalue weighted by Gasteiger charge is 2.09. The van der Waals surface area contributed by atoms with Crippen LogP contribution in [0.15, 0.2) is 135 Å². The first-order valence-corrected chi connectivity index (χ1v) is 16.7. The Morgan fingerprint density at radius 2 is 1.21 bits per heavy atom. The van der Waals surface area contributed by atoms with Gasteiger partial charge in [-0.2, -0.15) is 0 Å². The number of carboxylic acid groups (broad SMARTS) is 1. The predicted molar refractivity (Wildman–Crippen MR) is 202 cm³/mol. The van der Waals surface area contributed by atoms with Crippen molar-refractivity contribution >= 4 is 58.0 Å². The Hall–Kier alpha value is -6.70. The summed E-state index contributed by atoms with van der Waals surface area (Å²) in [6.07, 6.45) is 11.3. The number of carbonyl (C=O) groups is 2. The molecule has 0 atom stereocenters. The molecule has 0 aliphatic heterocycles. The number of nitrogen functional groups attached to an aromatic ring is 1. The molecule has 0 spiro atoms. The fourth-order valence-electron chi connectivity index (χ4n) is 5.01. The Bertz CT molecular complexity index is 2490. The summed E-state index contributed by atoms with van der Waals surface area (Å²) >= 11 is 11.9. The van der Waals surface area contributed by atoms with Crippen LogP contribution in [0, 0.1) is 0 Å². The van der Waals surface area contributed by atoms with Crippen molar-refractivity contribution in [2.24, 2.45) is 0 Å². The minimum Gasteiger partial charge on any atom is -0.478 e. The van der Waals surface area contributed by atoms with Crippen LogP contribution < -0.4 is 11.1 Å². The van der Waals surface area contributed by atoms with Crippen molar-refractivity contribution in [1.82, 2.24) is 39.2 Å². The van der Waals surface area contributed by atoms with Crippen LogP contribution in [0.2, 0.25) is 10.0 Å². The van der Waals surface area contributed by atoms with Crippen LogP contribution in [0.5, 0.6) is 0 Å². The number of nitrogens with two attached hydrogens (primary N) is 1. The van der Waals surface area contributed by atoms with Crippen molar-refractivity contribution in [2.75, 3.05) is 11.1 Å². The molecule has 0 aliphatic carbocycles. The summed E-state index contributed by atoms with van der Waals surface area (Å²) in [5, 5.41) is 28.0. The van der Waals surface area contributed by atoms with Gasteiger partial charge in [-0.15, -0.1) is 20.4 Å². The third kappa shape index (κ3) is 10.2. The van der Waals surface area contributed by atoms with Crippen LogP contribution in [-0.4, -0.2) is 56.1 Å². The first-order valence-electron chi connectivity index (χ1n) is 16.0. The highest BCUT2D eigenvalue weighted by molar-refractivity contribution is 6.30. The van der Waals surface area contributed by atoms with Gasteiger partial charge in [0.05, 0.1) is 11.1 Å². The number of pyridine rings is 4. The number of nitrogens with zero attached hydrogens (tertiary/aromatic N) is 8. The molecule has 0 bridgehead atoms. The number of fused-ring (bicyclic) bond motifs is 2. The van der Waals surface area contributed by atoms with E-state index in [1.54, 1.807) is 64.1 Å². The molecule has 53 heavy (non-hydrogen) atoms. The average molecular weight is 746 g/mol. The standard InChI is InChI=1S/C19H14ClN5O.C12H11ClN2.C7H5N3O2/c20-16-3-1-2-13(9-16)8-14-4-6-17(21-10-14)23-19(26)15-5-7-18-24-22-12-25(18)11-15;13-11-3-1-2-9(7-11)6-10-4-5-12(14)15-8-10;11-7(12)5-1-2-6-9-8-4-10(6)3-5/h1-7,9-12H,8H2,(H,21,23,26);1-5,7-8H,6H2,(H2,14,15);1-4H,(H,11,12). The van der Waals surface area contributed by atoms with Crippen LogP contribution in [0.4, 0.5) is 11.6 Å². The first-order chi connectivity index (χ1) is 25.7. The van der Waals surface area contributed by atoms with Crippen LogP contribution in [0.3, 0.4) is 0 Å². The molecular weight excluding hydrogens is 715 g/mol. The summed E-state index contributed by atoms with van der Waals surface area (Å²) in [5.41, 5.74) is 12.0.